The van der Waals surface area contributed by atoms with E-state index in [1.165, 1.54) is 16.0 Å². The lowest BCUT2D eigenvalue weighted by Crippen LogP contribution is -2.24. The summed E-state index contributed by atoms with van der Waals surface area (Å²) in [5.74, 6) is 2.14. The molecule has 2 aromatic rings. The van der Waals surface area contributed by atoms with Gasteiger partial charge in [-0.1, -0.05) is 21.1 Å². The van der Waals surface area contributed by atoms with Gasteiger partial charge in [-0.25, -0.2) is 0 Å². The maximum atomic E-state index is 5.31. The van der Waals surface area contributed by atoms with Crippen molar-refractivity contribution in [2.24, 2.45) is 0 Å². The molecule has 1 N–H and O–H groups in total. The summed E-state index contributed by atoms with van der Waals surface area (Å²) in [6.07, 6.45) is 0.779. The molecule has 0 fully saturated rings. The van der Waals surface area contributed by atoms with Crippen LogP contribution in [0.15, 0.2) is 26.0 Å². The van der Waals surface area contributed by atoms with Crippen LogP contribution in [0.1, 0.15) is 29.8 Å². The van der Waals surface area contributed by atoms with Crippen molar-refractivity contribution < 1.29 is 4.52 Å². The van der Waals surface area contributed by atoms with E-state index in [0.717, 1.165) is 16.7 Å². The molecule has 0 saturated carbocycles. The Hall–Kier alpha value is -0.560. The molecule has 0 radical (unpaired) electrons. The van der Waals surface area contributed by atoms with E-state index in [0.29, 0.717) is 17.7 Å². The molecule has 0 saturated heterocycles. The molecule has 0 spiro atoms. The summed E-state index contributed by atoms with van der Waals surface area (Å²) in [5.41, 5.74) is 2.48. The first-order valence-corrected chi connectivity index (χ1v) is 8.65. The highest BCUT2D eigenvalue weighted by Gasteiger charge is 2.11. The van der Waals surface area contributed by atoms with Crippen LogP contribution in [0.5, 0.6) is 0 Å². The molecule has 7 heteroatoms. The van der Waals surface area contributed by atoms with E-state index in [1.54, 1.807) is 11.8 Å². The second-order valence-corrected chi connectivity index (χ2v) is 7.03. The van der Waals surface area contributed by atoms with Crippen molar-refractivity contribution in [3.8, 4) is 0 Å². The molecule has 1 atom stereocenters. The van der Waals surface area contributed by atoms with Crippen LogP contribution in [0.4, 0.5) is 0 Å². The molecule has 0 bridgehead atoms. The third-order valence-corrected chi connectivity index (χ3v) is 5.30. The van der Waals surface area contributed by atoms with Crippen LogP contribution in [-0.2, 0) is 12.2 Å². The number of benzene rings is 1. The van der Waals surface area contributed by atoms with Crippen LogP contribution in [0.25, 0.3) is 0 Å². The summed E-state index contributed by atoms with van der Waals surface area (Å²) in [5, 5.41) is 7.19. The normalized spacial score (nSPS) is 12.0. The Balaban J connectivity index is 0.00000242. The molecule has 22 heavy (non-hydrogen) atoms. The lowest BCUT2D eigenvalue weighted by atomic mass is 10.2. The molecule has 4 nitrogen and oxygen atoms in total. The molecule has 1 aromatic heterocycles. The van der Waals surface area contributed by atoms with Gasteiger partial charge in [0, 0.05) is 21.8 Å². The standard InChI is InChI=1S/C15H20BrN3OS.ClH/c1-9-6-13(10(2)5-12(9)16)21-8-15-18-14(19-20-15)7-11(3)17-4;/h5-6,11,17H,7-8H2,1-4H3;1H. The summed E-state index contributed by atoms with van der Waals surface area (Å²) in [6, 6.07) is 4.68. The summed E-state index contributed by atoms with van der Waals surface area (Å²) in [7, 11) is 1.93. The highest BCUT2D eigenvalue weighted by molar-refractivity contribution is 9.10. The number of nitrogens with one attached hydrogen (secondary N) is 1. The molecular weight excluding hydrogens is 386 g/mol. The third kappa shape index (κ3) is 5.26. The Morgan fingerprint density at radius 3 is 2.73 bits per heavy atom. The predicted molar refractivity (Wildman–Crippen MR) is 96.9 cm³/mol. The average molecular weight is 407 g/mol. The number of likely N-dealkylation sites (N-methyl/N-ethyl adjacent to an activating group) is 1. The lowest BCUT2D eigenvalue weighted by Gasteiger charge is -2.07. The molecule has 1 aromatic carbocycles. The Bertz CT molecular complexity index is 621. The Morgan fingerprint density at radius 1 is 1.32 bits per heavy atom. The summed E-state index contributed by atoms with van der Waals surface area (Å²) in [4.78, 5) is 5.68. The fourth-order valence-corrected chi connectivity index (χ4v) is 3.26. The van der Waals surface area contributed by atoms with Crippen molar-refractivity contribution in [2.75, 3.05) is 7.05 Å². The van der Waals surface area contributed by atoms with Crippen LogP contribution in [-0.4, -0.2) is 23.2 Å². The molecule has 1 heterocycles. The number of aromatic nitrogens is 2. The minimum atomic E-state index is 0. The first kappa shape index (κ1) is 19.5. The van der Waals surface area contributed by atoms with Gasteiger partial charge < -0.3 is 9.84 Å². The highest BCUT2D eigenvalue weighted by atomic mass is 79.9. The van der Waals surface area contributed by atoms with Crippen LogP contribution in [0.2, 0.25) is 0 Å². The van der Waals surface area contributed by atoms with Crippen LogP contribution >= 0.6 is 40.1 Å². The first-order valence-electron chi connectivity index (χ1n) is 6.88. The molecule has 0 aliphatic heterocycles. The van der Waals surface area contributed by atoms with Gasteiger partial charge in [0.2, 0.25) is 5.89 Å². The number of rotatable bonds is 6. The minimum absolute atomic E-state index is 0. The van der Waals surface area contributed by atoms with Gasteiger partial charge in [-0.3, -0.25) is 0 Å². The van der Waals surface area contributed by atoms with E-state index in [4.69, 9.17) is 4.52 Å². The van der Waals surface area contributed by atoms with Crippen molar-refractivity contribution in [1.29, 1.82) is 0 Å². The van der Waals surface area contributed by atoms with E-state index in [2.05, 4.69) is 64.3 Å². The van der Waals surface area contributed by atoms with E-state index < -0.39 is 0 Å². The van der Waals surface area contributed by atoms with Crippen molar-refractivity contribution in [3.63, 3.8) is 0 Å². The monoisotopic (exact) mass is 405 g/mol. The number of halogens is 2. The number of aryl methyl sites for hydroxylation is 2. The maximum absolute atomic E-state index is 5.31. The highest BCUT2D eigenvalue weighted by Crippen LogP contribution is 2.30. The zero-order valence-electron chi connectivity index (χ0n) is 13.1. The first-order chi connectivity index (χ1) is 9.99. The third-order valence-electron chi connectivity index (χ3n) is 3.30. The van der Waals surface area contributed by atoms with Gasteiger partial charge in [0.1, 0.15) is 0 Å². The van der Waals surface area contributed by atoms with E-state index in [1.807, 2.05) is 7.05 Å². The molecule has 0 aliphatic carbocycles. The van der Waals surface area contributed by atoms with Crippen LogP contribution < -0.4 is 5.32 Å². The maximum Gasteiger partial charge on any atom is 0.237 e. The average Bonchev–Trinajstić information content (AvgIpc) is 2.88. The van der Waals surface area contributed by atoms with Gasteiger partial charge in [-0.15, -0.1) is 24.2 Å². The number of hydrogen-bond acceptors (Lipinski definition) is 5. The quantitative estimate of drug-likeness (QED) is 0.724. The van der Waals surface area contributed by atoms with Gasteiger partial charge >= 0.3 is 0 Å². The van der Waals surface area contributed by atoms with Gasteiger partial charge in [-0.2, -0.15) is 4.98 Å². The van der Waals surface area contributed by atoms with Gasteiger partial charge in [0.15, 0.2) is 5.82 Å². The SMILES string of the molecule is CNC(C)Cc1noc(CSc2cc(C)c(Br)cc2C)n1.Cl. The smallest absolute Gasteiger partial charge is 0.237 e. The molecule has 0 aliphatic rings. The Kier molecular flexibility index (Phi) is 7.89. The zero-order valence-corrected chi connectivity index (χ0v) is 16.4. The number of hydrogen-bond donors (Lipinski definition) is 1. The van der Waals surface area contributed by atoms with Crippen molar-refractivity contribution in [3.05, 3.63) is 39.4 Å². The van der Waals surface area contributed by atoms with Gasteiger partial charge in [0.05, 0.1) is 5.75 Å². The number of nitrogens with zero attached hydrogens (tertiary/aromatic N) is 2. The van der Waals surface area contributed by atoms with Crippen molar-refractivity contribution >= 4 is 40.1 Å². The Morgan fingerprint density at radius 2 is 2.05 bits per heavy atom. The summed E-state index contributed by atoms with van der Waals surface area (Å²) < 4.78 is 6.45. The second-order valence-electron chi connectivity index (χ2n) is 5.15. The second kappa shape index (κ2) is 8.91. The molecule has 122 valence electrons. The summed E-state index contributed by atoms with van der Waals surface area (Å²) >= 11 is 5.28. The lowest BCUT2D eigenvalue weighted by molar-refractivity contribution is 0.382. The van der Waals surface area contributed by atoms with Gasteiger partial charge in [-0.05, 0) is 51.1 Å². The van der Waals surface area contributed by atoms with Crippen LogP contribution in [0.3, 0.4) is 0 Å². The van der Waals surface area contributed by atoms with Crippen molar-refractivity contribution in [1.82, 2.24) is 15.5 Å². The topological polar surface area (TPSA) is 51.0 Å². The fourth-order valence-electron chi connectivity index (χ4n) is 1.86. The van der Waals surface area contributed by atoms with Crippen molar-refractivity contribution in [2.45, 2.75) is 43.9 Å². The minimum Gasteiger partial charge on any atom is -0.338 e. The van der Waals surface area contributed by atoms with E-state index in [9.17, 15) is 0 Å². The Labute approximate surface area is 150 Å². The zero-order chi connectivity index (χ0) is 15.4. The van der Waals surface area contributed by atoms with E-state index >= 15 is 0 Å². The molecule has 1 unspecified atom stereocenters. The largest absolute Gasteiger partial charge is 0.338 e. The van der Waals surface area contributed by atoms with Gasteiger partial charge in [0.25, 0.3) is 0 Å². The molecular formula is C15H21BrClN3OS. The molecule has 0 amide bonds. The fraction of sp³-hybridized carbons (Fsp3) is 0.467. The molecule has 2 rings (SSSR count). The predicted octanol–water partition coefficient (Wildman–Crippen LogP) is 4.31. The summed E-state index contributed by atoms with van der Waals surface area (Å²) in [6.45, 7) is 6.30. The van der Waals surface area contributed by atoms with Crippen LogP contribution in [0, 0.1) is 13.8 Å². The van der Waals surface area contributed by atoms with E-state index in [-0.39, 0.29) is 12.4 Å². The number of thioether (sulfide) groups is 1.